The first-order valence-corrected chi connectivity index (χ1v) is 6.25. The van der Waals surface area contributed by atoms with Crippen LogP contribution in [-0.4, -0.2) is 48.8 Å². The van der Waals surface area contributed by atoms with Gasteiger partial charge in [-0.1, -0.05) is 6.92 Å². The summed E-state index contributed by atoms with van der Waals surface area (Å²) >= 11 is 1.55. The van der Waals surface area contributed by atoms with Gasteiger partial charge in [-0.05, 0) is 19.7 Å². The highest BCUT2D eigenvalue weighted by Gasteiger charge is 2.42. The third-order valence-corrected chi connectivity index (χ3v) is 3.22. The van der Waals surface area contributed by atoms with E-state index in [0.29, 0.717) is 12.2 Å². The monoisotopic (exact) mass is 244 g/mol. The molecule has 0 fully saturated rings. The summed E-state index contributed by atoms with van der Waals surface area (Å²) in [6.45, 7) is 1.51. The molecule has 0 radical (unpaired) electrons. The second-order valence-electron chi connectivity index (χ2n) is 3.48. The van der Waals surface area contributed by atoms with Crippen LogP contribution in [0.15, 0.2) is 0 Å². The first kappa shape index (κ1) is 15.1. The molecule has 92 valence electrons. The van der Waals surface area contributed by atoms with E-state index in [-0.39, 0.29) is 12.6 Å². The minimum Gasteiger partial charge on any atom is -0.329 e. The first-order chi connectivity index (χ1) is 6.88. The van der Waals surface area contributed by atoms with Gasteiger partial charge in [0.15, 0.2) is 0 Å². The van der Waals surface area contributed by atoms with Crippen molar-refractivity contribution in [3.8, 4) is 0 Å². The molecule has 0 aliphatic carbocycles. The van der Waals surface area contributed by atoms with Crippen LogP contribution in [0.2, 0.25) is 0 Å². The van der Waals surface area contributed by atoms with Gasteiger partial charge >= 0.3 is 6.18 Å². The molecule has 0 aromatic carbocycles. The van der Waals surface area contributed by atoms with E-state index in [1.165, 1.54) is 11.9 Å². The predicted octanol–water partition coefficient (Wildman–Crippen LogP) is 1.95. The van der Waals surface area contributed by atoms with Crippen molar-refractivity contribution in [2.75, 3.05) is 25.6 Å². The van der Waals surface area contributed by atoms with Crippen LogP contribution in [0.25, 0.3) is 0 Å². The highest BCUT2D eigenvalue weighted by molar-refractivity contribution is 7.98. The van der Waals surface area contributed by atoms with Gasteiger partial charge < -0.3 is 5.73 Å². The SMILES string of the molecule is CCC(CSC)N(C)C(CN)C(F)(F)F. The van der Waals surface area contributed by atoms with Crippen molar-refractivity contribution in [3.63, 3.8) is 0 Å². The van der Waals surface area contributed by atoms with Crippen LogP contribution in [-0.2, 0) is 0 Å². The average Bonchev–Trinajstić information content (AvgIpc) is 2.12. The van der Waals surface area contributed by atoms with Gasteiger partial charge in [0.05, 0.1) is 0 Å². The lowest BCUT2D eigenvalue weighted by Crippen LogP contribution is -2.53. The number of likely N-dealkylation sites (N-methyl/N-ethyl adjacent to an activating group) is 1. The molecule has 2 atom stereocenters. The zero-order valence-electron chi connectivity index (χ0n) is 9.34. The maximum absolute atomic E-state index is 12.6. The second kappa shape index (κ2) is 6.60. The number of alkyl halides is 3. The minimum absolute atomic E-state index is 0.0739. The van der Waals surface area contributed by atoms with Crippen molar-refractivity contribution in [2.45, 2.75) is 31.6 Å². The minimum atomic E-state index is -4.24. The van der Waals surface area contributed by atoms with Gasteiger partial charge in [-0.3, -0.25) is 4.90 Å². The van der Waals surface area contributed by atoms with Crippen molar-refractivity contribution in [1.82, 2.24) is 4.90 Å². The molecule has 0 rings (SSSR count). The highest BCUT2D eigenvalue weighted by Crippen LogP contribution is 2.25. The number of rotatable bonds is 6. The Morgan fingerprint density at radius 3 is 2.20 bits per heavy atom. The van der Waals surface area contributed by atoms with Gasteiger partial charge in [0.25, 0.3) is 0 Å². The summed E-state index contributed by atoms with van der Waals surface area (Å²) in [5, 5.41) is 0. The third-order valence-electron chi connectivity index (χ3n) is 2.50. The van der Waals surface area contributed by atoms with Crippen LogP contribution in [0.3, 0.4) is 0 Å². The predicted molar refractivity (Wildman–Crippen MR) is 59.1 cm³/mol. The topological polar surface area (TPSA) is 29.3 Å². The van der Waals surface area contributed by atoms with Crippen LogP contribution in [0.5, 0.6) is 0 Å². The Morgan fingerprint density at radius 1 is 1.40 bits per heavy atom. The molecule has 6 heteroatoms. The van der Waals surface area contributed by atoms with Gasteiger partial charge in [-0.2, -0.15) is 24.9 Å². The van der Waals surface area contributed by atoms with Crippen LogP contribution in [0.1, 0.15) is 13.3 Å². The van der Waals surface area contributed by atoms with Crippen molar-refractivity contribution in [1.29, 1.82) is 0 Å². The third kappa shape index (κ3) is 4.61. The molecular formula is C9H19F3N2S. The fourth-order valence-corrected chi connectivity index (χ4v) is 2.36. The normalized spacial score (nSPS) is 16.8. The van der Waals surface area contributed by atoms with E-state index in [1.807, 2.05) is 13.2 Å². The van der Waals surface area contributed by atoms with Gasteiger partial charge in [0.2, 0.25) is 0 Å². The quantitative estimate of drug-likeness (QED) is 0.774. The van der Waals surface area contributed by atoms with Crippen LogP contribution >= 0.6 is 11.8 Å². The maximum atomic E-state index is 12.6. The number of hydrogen-bond acceptors (Lipinski definition) is 3. The van der Waals surface area contributed by atoms with Crippen molar-refractivity contribution < 1.29 is 13.2 Å². The van der Waals surface area contributed by atoms with E-state index in [4.69, 9.17) is 5.73 Å². The standard InChI is InChI=1S/C9H19F3N2S/c1-4-7(6-15-3)14(2)8(5-13)9(10,11)12/h7-8H,4-6,13H2,1-3H3. The summed E-state index contributed by atoms with van der Waals surface area (Å²) in [7, 11) is 1.50. The summed E-state index contributed by atoms with van der Waals surface area (Å²) in [6.07, 6.45) is -1.65. The number of hydrogen-bond donors (Lipinski definition) is 1. The molecule has 0 spiro atoms. The van der Waals surface area contributed by atoms with Crippen molar-refractivity contribution >= 4 is 11.8 Å². The molecule has 0 aliphatic rings. The largest absolute Gasteiger partial charge is 0.405 e. The van der Waals surface area contributed by atoms with Gasteiger partial charge in [0.1, 0.15) is 6.04 Å². The molecule has 0 saturated carbocycles. The Bertz CT molecular complexity index is 175. The fraction of sp³-hybridized carbons (Fsp3) is 1.00. The molecule has 0 aliphatic heterocycles. The Labute approximate surface area is 93.4 Å². The van der Waals surface area contributed by atoms with E-state index in [9.17, 15) is 13.2 Å². The lowest BCUT2D eigenvalue weighted by Gasteiger charge is -2.34. The molecule has 2 N–H and O–H groups in total. The van der Waals surface area contributed by atoms with Crippen LogP contribution in [0, 0.1) is 0 Å². The molecule has 0 saturated heterocycles. The van der Waals surface area contributed by atoms with E-state index in [2.05, 4.69) is 0 Å². The molecule has 2 nitrogen and oxygen atoms in total. The molecule has 0 aromatic rings. The molecular weight excluding hydrogens is 225 g/mol. The lowest BCUT2D eigenvalue weighted by molar-refractivity contribution is -0.181. The summed E-state index contributed by atoms with van der Waals surface area (Å²) < 4.78 is 37.7. The van der Waals surface area contributed by atoms with Crippen molar-refractivity contribution in [3.05, 3.63) is 0 Å². The molecule has 0 heterocycles. The number of thioether (sulfide) groups is 1. The Kier molecular flexibility index (Phi) is 6.63. The molecule has 2 unspecified atom stereocenters. The van der Waals surface area contributed by atoms with E-state index < -0.39 is 12.2 Å². The molecule has 0 bridgehead atoms. The van der Waals surface area contributed by atoms with Crippen LogP contribution < -0.4 is 5.73 Å². The lowest BCUT2D eigenvalue weighted by atomic mass is 10.1. The molecule has 0 amide bonds. The summed E-state index contributed by atoms with van der Waals surface area (Å²) in [5.74, 6) is 0.694. The Morgan fingerprint density at radius 2 is 1.93 bits per heavy atom. The van der Waals surface area contributed by atoms with E-state index in [1.54, 1.807) is 11.8 Å². The number of nitrogens with zero attached hydrogens (tertiary/aromatic N) is 1. The summed E-state index contributed by atoms with van der Waals surface area (Å²) in [4.78, 5) is 1.34. The average molecular weight is 244 g/mol. The maximum Gasteiger partial charge on any atom is 0.405 e. The van der Waals surface area contributed by atoms with Crippen LogP contribution in [0.4, 0.5) is 13.2 Å². The number of nitrogens with two attached hydrogens (primary N) is 1. The van der Waals surface area contributed by atoms with Gasteiger partial charge in [0, 0.05) is 18.3 Å². The highest BCUT2D eigenvalue weighted by atomic mass is 32.2. The molecule has 0 aromatic heterocycles. The van der Waals surface area contributed by atoms with E-state index >= 15 is 0 Å². The first-order valence-electron chi connectivity index (χ1n) is 4.86. The van der Waals surface area contributed by atoms with E-state index in [0.717, 1.165) is 0 Å². The Balaban J connectivity index is 4.54. The zero-order valence-corrected chi connectivity index (χ0v) is 10.2. The van der Waals surface area contributed by atoms with Gasteiger partial charge in [-0.15, -0.1) is 0 Å². The van der Waals surface area contributed by atoms with Crippen molar-refractivity contribution in [2.24, 2.45) is 5.73 Å². The number of halogens is 3. The summed E-state index contributed by atoms with van der Waals surface area (Å²) in [6, 6.07) is -1.61. The fourth-order valence-electron chi connectivity index (χ4n) is 1.50. The summed E-state index contributed by atoms with van der Waals surface area (Å²) in [5.41, 5.74) is 5.18. The zero-order chi connectivity index (χ0) is 12.1. The molecule has 15 heavy (non-hydrogen) atoms. The Hall–Kier alpha value is 0.0600. The second-order valence-corrected chi connectivity index (χ2v) is 4.39. The van der Waals surface area contributed by atoms with Gasteiger partial charge in [-0.25, -0.2) is 0 Å². The smallest absolute Gasteiger partial charge is 0.329 e.